The number of morpholine rings is 1. The Morgan fingerprint density at radius 2 is 1.88 bits per heavy atom. The monoisotopic (exact) mass is 368 g/mol. The molecular weight excluding hydrogens is 344 g/mol. The number of likely N-dealkylation sites (tertiary alicyclic amines) is 1. The average molecular weight is 368 g/mol. The molecular formula is C17H24N2O5S. The van der Waals surface area contributed by atoms with Crippen LogP contribution in [0.2, 0.25) is 0 Å². The number of hydrogen-bond donors (Lipinski definition) is 0. The molecule has 0 aromatic heterocycles. The number of piperidine rings is 1. The van der Waals surface area contributed by atoms with Crippen molar-refractivity contribution in [2.45, 2.75) is 18.1 Å². The Hall–Kier alpha value is -1.64. The molecule has 1 unspecified atom stereocenters. The lowest BCUT2D eigenvalue weighted by Crippen LogP contribution is -2.52. The summed E-state index contributed by atoms with van der Waals surface area (Å²) in [7, 11) is -3.40. The van der Waals surface area contributed by atoms with E-state index in [1.54, 1.807) is 17.0 Å². The van der Waals surface area contributed by atoms with Gasteiger partial charge in [-0.15, -0.1) is 0 Å². The fourth-order valence-electron chi connectivity index (χ4n) is 3.17. The molecule has 1 amide bonds. The minimum absolute atomic E-state index is 0.0751. The second-order valence-corrected chi connectivity index (χ2v) is 8.48. The summed E-state index contributed by atoms with van der Waals surface area (Å²) in [5.41, 5.74) is 0. The maximum absolute atomic E-state index is 12.8. The van der Waals surface area contributed by atoms with E-state index in [0.29, 0.717) is 51.4 Å². The Bertz CT molecular complexity index is 674. The number of sulfonamides is 1. The molecule has 1 aromatic rings. The number of hydrogen-bond acceptors (Lipinski definition) is 5. The van der Waals surface area contributed by atoms with Crippen LogP contribution in [0.15, 0.2) is 30.3 Å². The van der Waals surface area contributed by atoms with Crippen molar-refractivity contribution in [1.82, 2.24) is 9.21 Å². The molecule has 2 saturated heterocycles. The van der Waals surface area contributed by atoms with E-state index in [0.717, 1.165) is 0 Å². The summed E-state index contributed by atoms with van der Waals surface area (Å²) in [6.45, 7) is 2.38. The smallest absolute Gasteiger partial charge is 0.260 e. The van der Waals surface area contributed by atoms with Gasteiger partial charge in [0.1, 0.15) is 5.75 Å². The Kier molecular flexibility index (Phi) is 5.93. The van der Waals surface area contributed by atoms with Crippen LogP contribution in [0.25, 0.3) is 0 Å². The summed E-state index contributed by atoms with van der Waals surface area (Å²) in [4.78, 5) is 14.0. The average Bonchev–Trinajstić information content (AvgIpc) is 2.67. The number of para-hydroxylation sites is 1. The molecule has 8 heteroatoms. The Morgan fingerprint density at radius 3 is 2.60 bits per heavy atom. The van der Waals surface area contributed by atoms with Crippen LogP contribution in [0.5, 0.6) is 5.75 Å². The van der Waals surface area contributed by atoms with Crippen molar-refractivity contribution in [3.8, 4) is 5.75 Å². The summed E-state index contributed by atoms with van der Waals surface area (Å²) in [6, 6.07) is 9.13. The van der Waals surface area contributed by atoms with Crippen LogP contribution in [0, 0.1) is 0 Å². The zero-order chi connectivity index (χ0) is 17.7. The van der Waals surface area contributed by atoms with Gasteiger partial charge in [-0.3, -0.25) is 4.79 Å². The number of ether oxygens (including phenoxy) is 2. The Morgan fingerprint density at radius 1 is 1.16 bits per heavy atom. The summed E-state index contributed by atoms with van der Waals surface area (Å²) in [5.74, 6) is 0.455. The zero-order valence-corrected chi connectivity index (χ0v) is 15.0. The van der Waals surface area contributed by atoms with Gasteiger partial charge < -0.3 is 14.4 Å². The van der Waals surface area contributed by atoms with Crippen molar-refractivity contribution in [3.05, 3.63) is 30.3 Å². The number of carbonyl (C=O) groups is 1. The second kappa shape index (κ2) is 8.16. The summed E-state index contributed by atoms with van der Waals surface area (Å²) in [6.07, 6.45) is 1.27. The van der Waals surface area contributed by atoms with Gasteiger partial charge in [0, 0.05) is 26.2 Å². The lowest BCUT2D eigenvalue weighted by molar-refractivity contribution is -0.134. The molecule has 138 valence electrons. The molecule has 2 fully saturated rings. The van der Waals surface area contributed by atoms with Crippen LogP contribution in [-0.2, 0) is 19.6 Å². The second-order valence-electron chi connectivity index (χ2n) is 6.26. The first-order chi connectivity index (χ1) is 12.1. The first-order valence-electron chi connectivity index (χ1n) is 8.60. The first-order valence-corrected chi connectivity index (χ1v) is 10.1. The van der Waals surface area contributed by atoms with Crippen LogP contribution >= 0.6 is 0 Å². The SMILES string of the molecule is O=C(COc1ccccc1)N1CCCC(S(=O)(=O)N2CCOCC2)C1. The van der Waals surface area contributed by atoms with Gasteiger partial charge in [-0.05, 0) is 25.0 Å². The van der Waals surface area contributed by atoms with Crippen molar-refractivity contribution in [1.29, 1.82) is 0 Å². The van der Waals surface area contributed by atoms with Gasteiger partial charge in [0.15, 0.2) is 6.61 Å². The standard InChI is InChI=1S/C17H24N2O5S/c20-17(14-24-15-5-2-1-3-6-15)18-8-4-7-16(13-18)25(21,22)19-9-11-23-12-10-19/h1-3,5-6,16H,4,7-14H2. The molecule has 0 bridgehead atoms. The van der Waals surface area contributed by atoms with Gasteiger partial charge in [-0.1, -0.05) is 18.2 Å². The number of rotatable bonds is 5. The van der Waals surface area contributed by atoms with Crippen LogP contribution in [0.1, 0.15) is 12.8 Å². The van der Waals surface area contributed by atoms with Crippen molar-refractivity contribution in [3.63, 3.8) is 0 Å². The quantitative estimate of drug-likeness (QED) is 0.765. The highest BCUT2D eigenvalue weighted by Gasteiger charge is 2.37. The molecule has 0 spiro atoms. The van der Waals surface area contributed by atoms with Crippen LogP contribution in [-0.4, -0.2) is 74.8 Å². The number of nitrogens with zero attached hydrogens (tertiary/aromatic N) is 2. The van der Waals surface area contributed by atoms with Crippen LogP contribution in [0.4, 0.5) is 0 Å². The van der Waals surface area contributed by atoms with E-state index in [9.17, 15) is 13.2 Å². The third kappa shape index (κ3) is 4.50. The van der Waals surface area contributed by atoms with E-state index >= 15 is 0 Å². The topological polar surface area (TPSA) is 76.2 Å². The summed E-state index contributed by atoms with van der Waals surface area (Å²) >= 11 is 0. The largest absolute Gasteiger partial charge is 0.484 e. The van der Waals surface area contributed by atoms with E-state index in [-0.39, 0.29) is 19.1 Å². The number of carbonyl (C=O) groups excluding carboxylic acids is 1. The lowest BCUT2D eigenvalue weighted by atomic mass is 10.1. The third-order valence-electron chi connectivity index (χ3n) is 4.59. The molecule has 2 aliphatic heterocycles. The highest BCUT2D eigenvalue weighted by molar-refractivity contribution is 7.89. The molecule has 0 N–H and O–H groups in total. The molecule has 0 aliphatic carbocycles. The molecule has 25 heavy (non-hydrogen) atoms. The summed E-state index contributed by atoms with van der Waals surface area (Å²) in [5, 5.41) is -0.542. The maximum atomic E-state index is 12.8. The molecule has 0 radical (unpaired) electrons. The first kappa shape index (κ1) is 18.2. The molecule has 2 aliphatic rings. The van der Waals surface area contributed by atoms with E-state index in [2.05, 4.69) is 0 Å². The normalized spacial score (nSPS) is 22.6. The minimum Gasteiger partial charge on any atom is -0.484 e. The fraction of sp³-hybridized carbons (Fsp3) is 0.588. The number of benzene rings is 1. The summed E-state index contributed by atoms with van der Waals surface area (Å²) < 4.78 is 37.8. The molecule has 0 saturated carbocycles. The predicted molar refractivity (Wildman–Crippen MR) is 92.9 cm³/mol. The highest BCUT2D eigenvalue weighted by atomic mass is 32.2. The van der Waals surface area contributed by atoms with Crippen molar-refractivity contribution < 1.29 is 22.7 Å². The van der Waals surface area contributed by atoms with Gasteiger partial charge >= 0.3 is 0 Å². The van der Waals surface area contributed by atoms with Gasteiger partial charge in [0.05, 0.1) is 18.5 Å². The van der Waals surface area contributed by atoms with Gasteiger partial charge in [0.2, 0.25) is 10.0 Å². The van der Waals surface area contributed by atoms with Gasteiger partial charge in [-0.25, -0.2) is 8.42 Å². The van der Waals surface area contributed by atoms with Crippen molar-refractivity contribution in [2.75, 3.05) is 46.0 Å². The predicted octanol–water partition coefficient (Wildman–Crippen LogP) is 0.718. The molecule has 2 heterocycles. The molecule has 1 atom stereocenters. The molecule has 7 nitrogen and oxygen atoms in total. The highest BCUT2D eigenvalue weighted by Crippen LogP contribution is 2.21. The van der Waals surface area contributed by atoms with Crippen LogP contribution < -0.4 is 4.74 Å². The molecule has 3 rings (SSSR count). The van der Waals surface area contributed by atoms with E-state index in [1.165, 1.54) is 4.31 Å². The van der Waals surface area contributed by atoms with Gasteiger partial charge in [-0.2, -0.15) is 4.31 Å². The van der Waals surface area contributed by atoms with Crippen molar-refractivity contribution in [2.24, 2.45) is 0 Å². The van der Waals surface area contributed by atoms with Gasteiger partial charge in [0.25, 0.3) is 5.91 Å². The van der Waals surface area contributed by atoms with E-state index in [4.69, 9.17) is 9.47 Å². The number of amides is 1. The van der Waals surface area contributed by atoms with E-state index < -0.39 is 15.3 Å². The Labute approximate surface area is 148 Å². The Balaban J connectivity index is 1.57. The molecule has 1 aromatic carbocycles. The fourth-order valence-corrected chi connectivity index (χ4v) is 5.09. The van der Waals surface area contributed by atoms with Crippen molar-refractivity contribution >= 4 is 15.9 Å². The lowest BCUT2D eigenvalue weighted by Gasteiger charge is -2.36. The van der Waals surface area contributed by atoms with E-state index in [1.807, 2.05) is 18.2 Å². The third-order valence-corrected chi connectivity index (χ3v) is 6.90. The zero-order valence-electron chi connectivity index (χ0n) is 14.2. The van der Waals surface area contributed by atoms with Crippen LogP contribution in [0.3, 0.4) is 0 Å². The maximum Gasteiger partial charge on any atom is 0.260 e. The minimum atomic E-state index is -3.40.